The second kappa shape index (κ2) is 9.95. The van der Waals surface area contributed by atoms with Crippen molar-refractivity contribution >= 4 is 44.4 Å². The van der Waals surface area contributed by atoms with Crippen LogP contribution in [0.2, 0.25) is 0 Å². The summed E-state index contributed by atoms with van der Waals surface area (Å²) in [5.74, 6) is 0.828. The zero-order valence-corrected chi connectivity index (χ0v) is 18.3. The number of benzene rings is 3. The van der Waals surface area contributed by atoms with Gasteiger partial charge in [0.05, 0.1) is 13.2 Å². The summed E-state index contributed by atoms with van der Waals surface area (Å²) in [5.41, 5.74) is 1.25. The molecule has 0 aliphatic heterocycles. The molecule has 1 amide bonds. The van der Waals surface area contributed by atoms with Crippen molar-refractivity contribution < 1.29 is 14.3 Å². The van der Waals surface area contributed by atoms with E-state index in [2.05, 4.69) is 21.2 Å². The lowest BCUT2D eigenvalue weighted by Gasteiger charge is -2.13. The van der Waals surface area contributed by atoms with E-state index in [4.69, 9.17) is 9.47 Å². The standard InChI is InChI=1S/C24H21BrN2O3/c1-3-29-20-11-5-16-6-12-23(30-4-2)22(21(16)14-20)13-17(15-26)24(28)27-19-9-7-18(25)8-10-19/h5-14H,3-4H2,1-2H3,(H,27,28)/b17-13-. The van der Waals surface area contributed by atoms with Crippen molar-refractivity contribution in [3.05, 3.63) is 70.2 Å². The van der Waals surface area contributed by atoms with Crippen LogP contribution in [0.1, 0.15) is 19.4 Å². The minimum Gasteiger partial charge on any atom is -0.494 e. The van der Waals surface area contributed by atoms with E-state index in [1.807, 2.05) is 62.4 Å². The number of nitrogens with zero attached hydrogens (tertiary/aromatic N) is 1. The first-order chi connectivity index (χ1) is 14.5. The predicted molar refractivity (Wildman–Crippen MR) is 123 cm³/mol. The molecule has 0 aliphatic carbocycles. The van der Waals surface area contributed by atoms with Crippen molar-refractivity contribution in [2.45, 2.75) is 13.8 Å². The number of fused-ring (bicyclic) bond motifs is 1. The Bertz CT molecular complexity index is 1130. The van der Waals surface area contributed by atoms with Crippen LogP contribution < -0.4 is 14.8 Å². The molecule has 0 atom stereocenters. The lowest BCUT2D eigenvalue weighted by atomic mass is 10.0. The monoisotopic (exact) mass is 464 g/mol. The summed E-state index contributed by atoms with van der Waals surface area (Å²) in [4.78, 5) is 12.7. The Labute approximate surface area is 184 Å². The first-order valence-corrected chi connectivity index (χ1v) is 10.4. The molecule has 0 saturated carbocycles. The lowest BCUT2D eigenvalue weighted by molar-refractivity contribution is -0.112. The highest BCUT2D eigenvalue weighted by Gasteiger charge is 2.14. The maximum atomic E-state index is 12.7. The summed E-state index contributed by atoms with van der Waals surface area (Å²) in [5, 5.41) is 14.2. The minimum atomic E-state index is -0.486. The van der Waals surface area contributed by atoms with E-state index < -0.39 is 5.91 Å². The zero-order valence-electron chi connectivity index (χ0n) is 16.7. The third-order valence-corrected chi connectivity index (χ3v) is 4.89. The zero-order chi connectivity index (χ0) is 21.5. The van der Waals surface area contributed by atoms with Gasteiger partial charge in [0.1, 0.15) is 23.1 Å². The van der Waals surface area contributed by atoms with E-state index in [9.17, 15) is 10.1 Å². The van der Waals surface area contributed by atoms with Gasteiger partial charge >= 0.3 is 0 Å². The second-order valence-electron chi connectivity index (χ2n) is 6.36. The van der Waals surface area contributed by atoms with Crippen LogP contribution in [0.3, 0.4) is 0 Å². The van der Waals surface area contributed by atoms with Crippen molar-refractivity contribution in [3.8, 4) is 17.6 Å². The van der Waals surface area contributed by atoms with Gasteiger partial charge in [-0.2, -0.15) is 5.26 Å². The van der Waals surface area contributed by atoms with Crippen molar-refractivity contribution in [1.82, 2.24) is 0 Å². The number of amides is 1. The predicted octanol–water partition coefficient (Wildman–Crippen LogP) is 5.95. The molecular weight excluding hydrogens is 444 g/mol. The van der Waals surface area contributed by atoms with Gasteiger partial charge in [0.15, 0.2) is 0 Å². The van der Waals surface area contributed by atoms with Crippen LogP contribution in [0.25, 0.3) is 16.8 Å². The molecule has 0 spiro atoms. The van der Waals surface area contributed by atoms with Gasteiger partial charge in [-0.15, -0.1) is 0 Å². The van der Waals surface area contributed by atoms with Crippen LogP contribution in [-0.2, 0) is 4.79 Å². The lowest BCUT2D eigenvalue weighted by Crippen LogP contribution is -2.13. The van der Waals surface area contributed by atoms with Crippen LogP contribution in [0, 0.1) is 11.3 Å². The Morgan fingerprint density at radius 1 is 1.07 bits per heavy atom. The molecule has 3 aromatic rings. The minimum absolute atomic E-state index is 0.0202. The summed E-state index contributed by atoms with van der Waals surface area (Å²) in [6.45, 7) is 4.81. The van der Waals surface area contributed by atoms with Gasteiger partial charge in [-0.25, -0.2) is 0 Å². The highest BCUT2D eigenvalue weighted by Crippen LogP contribution is 2.33. The second-order valence-corrected chi connectivity index (χ2v) is 7.27. The topological polar surface area (TPSA) is 71.3 Å². The largest absolute Gasteiger partial charge is 0.494 e. The van der Waals surface area contributed by atoms with Gasteiger partial charge in [-0.05, 0) is 73.2 Å². The number of carbonyl (C=O) groups excluding carboxylic acids is 1. The van der Waals surface area contributed by atoms with E-state index in [-0.39, 0.29) is 5.57 Å². The van der Waals surface area contributed by atoms with E-state index in [1.54, 1.807) is 18.2 Å². The third-order valence-electron chi connectivity index (χ3n) is 4.36. The Morgan fingerprint density at radius 2 is 1.77 bits per heavy atom. The summed E-state index contributed by atoms with van der Waals surface area (Å²) >= 11 is 3.36. The van der Waals surface area contributed by atoms with Crippen LogP contribution >= 0.6 is 15.9 Å². The number of nitriles is 1. The summed E-state index contributed by atoms with van der Waals surface area (Å²) < 4.78 is 12.3. The van der Waals surface area contributed by atoms with Gasteiger partial charge in [-0.3, -0.25) is 4.79 Å². The molecule has 6 heteroatoms. The Morgan fingerprint density at radius 3 is 2.43 bits per heavy atom. The highest BCUT2D eigenvalue weighted by atomic mass is 79.9. The first kappa shape index (κ1) is 21.4. The van der Waals surface area contributed by atoms with E-state index >= 15 is 0 Å². The summed E-state index contributed by atoms with van der Waals surface area (Å²) in [7, 11) is 0. The van der Waals surface area contributed by atoms with Crippen molar-refractivity contribution in [1.29, 1.82) is 5.26 Å². The summed E-state index contributed by atoms with van der Waals surface area (Å²) in [6.07, 6.45) is 1.57. The molecular formula is C24H21BrN2O3. The fourth-order valence-electron chi connectivity index (χ4n) is 3.01. The van der Waals surface area contributed by atoms with Crippen LogP contribution in [0.5, 0.6) is 11.5 Å². The van der Waals surface area contributed by atoms with Crippen molar-refractivity contribution in [2.75, 3.05) is 18.5 Å². The van der Waals surface area contributed by atoms with Crippen molar-refractivity contribution in [2.24, 2.45) is 0 Å². The molecule has 0 aliphatic rings. The molecule has 0 fully saturated rings. The molecule has 0 bridgehead atoms. The quantitative estimate of drug-likeness (QED) is 0.346. The number of rotatable bonds is 7. The molecule has 0 radical (unpaired) electrons. The van der Waals surface area contributed by atoms with E-state index in [0.29, 0.717) is 36.0 Å². The summed E-state index contributed by atoms with van der Waals surface area (Å²) in [6, 6.07) is 18.7. The number of ether oxygens (including phenoxy) is 2. The Hall–Kier alpha value is -3.30. The fraction of sp³-hybridized carbons (Fsp3) is 0.167. The van der Waals surface area contributed by atoms with Gasteiger partial charge in [-0.1, -0.05) is 28.1 Å². The van der Waals surface area contributed by atoms with E-state index in [0.717, 1.165) is 15.2 Å². The highest BCUT2D eigenvalue weighted by molar-refractivity contribution is 9.10. The molecule has 5 nitrogen and oxygen atoms in total. The molecule has 0 aromatic heterocycles. The maximum Gasteiger partial charge on any atom is 0.266 e. The smallest absolute Gasteiger partial charge is 0.266 e. The maximum absolute atomic E-state index is 12.7. The molecule has 3 aromatic carbocycles. The molecule has 0 saturated heterocycles. The van der Waals surface area contributed by atoms with Crippen LogP contribution in [0.15, 0.2) is 64.6 Å². The van der Waals surface area contributed by atoms with Gasteiger partial charge in [0, 0.05) is 15.7 Å². The number of hydrogen-bond donors (Lipinski definition) is 1. The van der Waals surface area contributed by atoms with Crippen LogP contribution in [0.4, 0.5) is 5.69 Å². The van der Waals surface area contributed by atoms with Gasteiger partial charge in [0.25, 0.3) is 5.91 Å². The number of carbonyl (C=O) groups is 1. The number of anilines is 1. The molecule has 152 valence electrons. The average Bonchev–Trinajstić information content (AvgIpc) is 2.75. The van der Waals surface area contributed by atoms with E-state index in [1.165, 1.54) is 0 Å². The first-order valence-electron chi connectivity index (χ1n) is 9.56. The van der Waals surface area contributed by atoms with Crippen LogP contribution in [-0.4, -0.2) is 19.1 Å². The molecule has 0 unspecified atom stereocenters. The fourth-order valence-corrected chi connectivity index (χ4v) is 3.28. The molecule has 3 rings (SSSR count). The SMILES string of the molecule is CCOc1ccc2ccc(OCC)c(/C=C(/C#N)C(=O)Nc3ccc(Br)cc3)c2c1. The van der Waals surface area contributed by atoms with Crippen molar-refractivity contribution in [3.63, 3.8) is 0 Å². The number of hydrogen-bond acceptors (Lipinski definition) is 4. The normalized spacial score (nSPS) is 11.1. The molecule has 0 heterocycles. The third kappa shape index (κ3) is 5.00. The number of nitrogens with one attached hydrogen (secondary N) is 1. The van der Waals surface area contributed by atoms with Gasteiger partial charge in [0.2, 0.25) is 0 Å². The number of halogens is 1. The Balaban J connectivity index is 2.06. The average molecular weight is 465 g/mol. The Kier molecular flexibility index (Phi) is 7.10. The van der Waals surface area contributed by atoms with Gasteiger partial charge < -0.3 is 14.8 Å². The molecule has 1 N–H and O–H groups in total. The molecule has 30 heavy (non-hydrogen) atoms.